The Morgan fingerprint density at radius 1 is 1.71 bits per heavy atom. The molecule has 90 valence electrons. The highest BCUT2D eigenvalue weighted by Crippen LogP contribution is 2.23. The molecule has 0 aliphatic rings. The largest absolute Gasteiger partial charge is 0.465 e. The summed E-state index contributed by atoms with van der Waals surface area (Å²) in [7, 11) is 1.09. The second kappa shape index (κ2) is 5.55. The van der Waals surface area contributed by atoms with Gasteiger partial charge in [-0.05, 0) is 6.07 Å². The second-order valence-corrected chi connectivity index (χ2v) is 3.22. The fourth-order valence-electron chi connectivity index (χ4n) is 1.22. The number of ether oxygens (including phenoxy) is 1. The number of nitrogens with zero attached hydrogens (tertiary/aromatic N) is 2. The smallest absolute Gasteiger partial charge is 0.339 e. The maximum atomic E-state index is 12.5. The molecule has 0 saturated carbocycles. The molecule has 1 aromatic heterocycles. The fourth-order valence-corrected chi connectivity index (χ4v) is 1.42. The zero-order valence-electron chi connectivity index (χ0n) is 8.71. The SMILES string of the molecule is COC(=O)c1cc(C(F)F)nc(CCl)c1C#N. The third-order valence-electron chi connectivity index (χ3n) is 1.98. The second-order valence-electron chi connectivity index (χ2n) is 2.95. The van der Waals surface area contributed by atoms with Gasteiger partial charge in [0.1, 0.15) is 11.8 Å². The first kappa shape index (κ1) is 13.3. The number of carbonyl (C=O) groups excluding carboxylic acids is 1. The molecule has 0 spiro atoms. The van der Waals surface area contributed by atoms with Gasteiger partial charge < -0.3 is 4.74 Å². The van der Waals surface area contributed by atoms with Crippen molar-refractivity contribution in [2.75, 3.05) is 7.11 Å². The minimum Gasteiger partial charge on any atom is -0.465 e. The molecule has 1 heterocycles. The highest BCUT2D eigenvalue weighted by molar-refractivity contribution is 6.17. The lowest BCUT2D eigenvalue weighted by atomic mass is 10.1. The minimum atomic E-state index is -2.85. The highest BCUT2D eigenvalue weighted by Gasteiger charge is 2.21. The van der Waals surface area contributed by atoms with Crippen LogP contribution in [-0.2, 0) is 10.6 Å². The summed E-state index contributed by atoms with van der Waals surface area (Å²) in [4.78, 5) is 14.9. The van der Waals surface area contributed by atoms with E-state index in [1.165, 1.54) is 0 Å². The number of esters is 1. The molecule has 0 aliphatic heterocycles. The van der Waals surface area contributed by atoms with E-state index < -0.39 is 18.1 Å². The Bertz CT molecular complexity index is 486. The molecule has 0 radical (unpaired) electrons. The van der Waals surface area contributed by atoms with Gasteiger partial charge >= 0.3 is 5.97 Å². The summed E-state index contributed by atoms with van der Waals surface area (Å²) in [6.07, 6.45) is -2.85. The summed E-state index contributed by atoms with van der Waals surface area (Å²) in [5.74, 6) is -1.12. The maximum absolute atomic E-state index is 12.5. The topological polar surface area (TPSA) is 63.0 Å². The number of nitriles is 1. The monoisotopic (exact) mass is 260 g/mol. The Kier molecular flexibility index (Phi) is 4.35. The third kappa shape index (κ3) is 2.68. The number of pyridine rings is 1. The molecule has 0 aliphatic carbocycles. The number of aromatic nitrogens is 1. The molecule has 0 N–H and O–H groups in total. The zero-order valence-corrected chi connectivity index (χ0v) is 9.46. The molecule has 1 aromatic rings. The van der Waals surface area contributed by atoms with E-state index in [1.54, 1.807) is 6.07 Å². The molecule has 0 saturated heterocycles. The summed E-state index contributed by atoms with van der Waals surface area (Å²) in [6.45, 7) is 0. The first-order valence-electron chi connectivity index (χ1n) is 4.41. The van der Waals surface area contributed by atoms with Crippen LogP contribution in [0.25, 0.3) is 0 Å². The average Bonchev–Trinajstić information content (AvgIpc) is 2.35. The number of hydrogen-bond donors (Lipinski definition) is 0. The molecule has 0 fully saturated rings. The number of hydrogen-bond acceptors (Lipinski definition) is 4. The molecule has 0 atom stereocenters. The maximum Gasteiger partial charge on any atom is 0.339 e. The molecule has 0 aromatic carbocycles. The van der Waals surface area contributed by atoms with Crippen molar-refractivity contribution in [2.45, 2.75) is 12.3 Å². The van der Waals surface area contributed by atoms with Crippen LogP contribution in [0.3, 0.4) is 0 Å². The van der Waals surface area contributed by atoms with Gasteiger partial charge in [0.15, 0.2) is 0 Å². The molecule has 1 rings (SSSR count). The number of methoxy groups -OCH3 is 1. The number of carbonyl (C=O) groups is 1. The van der Waals surface area contributed by atoms with Crippen LogP contribution in [0.15, 0.2) is 6.07 Å². The van der Waals surface area contributed by atoms with Gasteiger partial charge in [-0.15, -0.1) is 11.6 Å². The van der Waals surface area contributed by atoms with Crippen LogP contribution in [0.4, 0.5) is 8.78 Å². The van der Waals surface area contributed by atoms with Gasteiger partial charge in [-0.2, -0.15) is 5.26 Å². The third-order valence-corrected chi connectivity index (χ3v) is 2.23. The van der Waals surface area contributed by atoms with Crippen LogP contribution in [-0.4, -0.2) is 18.1 Å². The van der Waals surface area contributed by atoms with Crippen molar-refractivity contribution in [1.82, 2.24) is 4.98 Å². The van der Waals surface area contributed by atoms with E-state index in [-0.39, 0.29) is 22.7 Å². The molecular weight excluding hydrogens is 254 g/mol. The average molecular weight is 261 g/mol. The van der Waals surface area contributed by atoms with Gasteiger partial charge in [0.05, 0.1) is 29.8 Å². The van der Waals surface area contributed by atoms with E-state index in [0.29, 0.717) is 0 Å². The van der Waals surface area contributed by atoms with E-state index in [4.69, 9.17) is 16.9 Å². The van der Waals surface area contributed by atoms with E-state index in [0.717, 1.165) is 13.2 Å². The van der Waals surface area contributed by atoms with Crippen LogP contribution >= 0.6 is 11.6 Å². The lowest BCUT2D eigenvalue weighted by Crippen LogP contribution is -2.10. The number of alkyl halides is 3. The van der Waals surface area contributed by atoms with Crippen molar-refractivity contribution in [3.05, 3.63) is 28.6 Å². The van der Waals surface area contributed by atoms with Crippen molar-refractivity contribution < 1.29 is 18.3 Å². The highest BCUT2D eigenvalue weighted by atomic mass is 35.5. The van der Waals surface area contributed by atoms with Gasteiger partial charge in [-0.1, -0.05) is 0 Å². The molecule has 17 heavy (non-hydrogen) atoms. The van der Waals surface area contributed by atoms with Gasteiger partial charge in [-0.25, -0.2) is 18.6 Å². The first-order chi connectivity index (χ1) is 8.04. The standard InChI is InChI=1S/C10H7ClF2N2O2/c1-17-10(16)5-2-7(9(12)13)15-8(3-11)6(5)4-14/h2,9H,3H2,1H3. The number of rotatable bonds is 3. The zero-order chi connectivity index (χ0) is 13.0. The fraction of sp³-hybridized carbons (Fsp3) is 0.300. The molecule has 0 amide bonds. The van der Waals surface area contributed by atoms with Gasteiger partial charge in [-0.3, -0.25) is 0 Å². The van der Waals surface area contributed by atoms with Crippen LogP contribution in [0, 0.1) is 11.3 Å². The van der Waals surface area contributed by atoms with Crippen LogP contribution < -0.4 is 0 Å². The summed E-state index contributed by atoms with van der Waals surface area (Å²) >= 11 is 5.50. The number of halogens is 3. The van der Waals surface area contributed by atoms with Crippen LogP contribution in [0.1, 0.15) is 33.7 Å². The lowest BCUT2D eigenvalue weighted by Gasteiger charge is -2.08. The molecular formula is C10H7ClF2N2O2. The Balaban J connectivity index is 3.49. The minimum absolute atomic E-state index is 0.0626. The van der Waals surface area contributed by atoms with Gasteiger partial charge in [0.25, 0.3) is 6.43 Å². The van der Waals surface area contributed by atoms with Gasteiger partial charge in [0.2, 0.25) is 0 Å². The van der Waals surface area contributed by atoms with E-state index in [2.05, 4.69) is 9.72 Å². The van der Waals surface area contributed by atoms with Crippen molar-refractivity contribution in [3.63, 3.8) is 0 Å². The summed E-state index contributed by atoms with van der Waals surface area (Å²) in [5, 5.41) is 8.86. The Hall–Kier alpha value is -1.74. The summed E-state index contributed by atoms with van der Waals surface area (Å²) in [5.41, 5.74) is -1.07. The molecule has 0 unspecified atom stereocenters. The van der Waals surface area contributed by atoms with E-state index in [1.807, 2.05) is 0 Å². The molecule has 4 nitrogen and oxygen atoms in total. The Morgan fingerprint density at radius 2 is 2.35 bits per heavy atom. The predicted molar refractivity (Wildman–Crippen MR) is 54.8 cm³/mol. The van der Waals surface area contributed by atoms with Crippen LogP contribution in [0.2, 0.25) is 0 Å². The summed E-state index contributed by atoms with van der Waals surface area (Å²) < 4.78 is 29.5. The van der Waals surface area contributed by atoms with Crippen molar-refractivity contribution in [2.24, 2.45) is 0 Å². The first-order valence-corrected chi connectivity index (χ1v) is 4.95. The summed E-state index contributed by atoms with van der Waals surface area (Å²) in [6, 6.07) is 2.54. The van der Waals surface area contributed by atoms with E-state index >= 15 is 0 Å². The molecule has 7 heteroatoms. The van der Waals surface area contributed by atoms with Crippen LogP contribution in [0.5, 0.6) is 0 Å². The molecule has 0 bridgehead atoms. The lowest BCUT2D eigenvalue weighted by molar-refractivity contribution is 0.0599. The Labute approximate surface area is 101 Å². The van der Waals surface area contributed by atoms with Crippen molar-refractivity contribution >= 4 is 17.6 Å². The van der Waals surface area contributed by atoms with Crippen molar-refractivity contribution in [1.29, 1.82) is 5.26 Å². The Morgan fingerprint density at radius 3 is 2.76 bits per heavy atom. The normalized spacial score (nSPS) is 10.1. The quantitative estimate of drug-likeness (QED) is 0.618. The van der Waals surface area contributed by atoms with Crippen molar-refractivity contribution in [3.8, 4) is 6.07 Å². The van der Waals surface area contributed by atoms with E-state index in [9.17, 15) is 13.6 Å². The predicted octanol–water partition coefficient (Wildman–Crippen LogP) is 2.42. The van der Waals surface area contributed by atoms with Gasteiger partial charge in [0, 0.05) is 0 Å².